The van der Waals surface area contributed by atoms with Gasteiger partial charge in [-0.15, -0.1) is 5.10 Å². The summed E-state index contributed by atoms with van der Waals surface area (Å²) in [6.45, 7) is 7.56. The van der Waals surface area contributed by atoms with E-state index < -0.39 is 0 Å². The van der Waals surface area contributed by atoms with E-state index in [-0.39, 0.29) is 5.69 Å². The first-order chi connectivity index (χ1) is 18.5. The summed E-state index contributed by atoms with van der Waals surface area (Å²) in [7, 11) is 3.30. The van der Waals surface area contributed by atoms with Gasteiger partial charge in [0.1, 0.15) is 17.3 Å². The smallest absolute Gasteiger partial charge is 0.355 e. The Balaban J connectivity index is 1.43. The van der Waals surface area contributed by atoms with E-state index in [4.69, 9.17) is 19.3 Å². The molecule has 1 aromatic heterocycles. The standard InChI is InChI=1S/C29H39N5O4/c1-20(2)30-14-12-28-31-34(29(35)33(28)22-6-5-7-26(16-22)36-3)23-9-8-21(27(17-23)37-4)13-15-32-24-10-11-25(32)19-38-18-24/h5-9,16-17,20,24-25,30H,10-15,18-19H2,1-4H3. The van der Waals surface area contributed by atoms with Crippen molar-refractivity contribution in [2.24, 2.45) is 0 Å². The zero-order valence-corrected chi connectivity index (χ0v) is 22.9. The van der Waals surface area contributed by atoms with E-state index in [2.05, 4.69) is 30.1 Å². The second-order valence-electron chi connectivity index (χ2n) is 10.4. The molecule has 204 valence electrons. The molecule has 2 saturated heterocycles. The van der Waals surface area contributed by atoms with Crippen molar-refractivity contribution >= 4 is 0 Å². The lowest BCUT2D eigenvalue weighted by atomic mass is 10.1. The van der Waals surface area contributed by atoms with Gasteiger partial charge in [-0.05, 0) is 43.0 Å². The molecule has 0 spiro atoms. The highest BCUT2D eigenvalue weighted by atomic mass is 16.5. The van der Waals surface area contributed by atoms with Crippen molar-refractivity contribution in [2.45, 2.75) is 57.7 Å². The topological polar surface area (TPSA) is 82.8 Å². The summed E-state index contributed by atoms with van der Waals surface area (Å²) in [6.07, 6.45) is 3.92. The maximum atomic E-state index is 13.7. The Morgan fingerprint density at radius 2 is 1.82 bits per heavy atom. The third kappa shape index (κ3) is 5.50. The van der Waals surface area contributed by atoms with Gasteiger partial charge < -0.3 is 19.5 Å². The van der Waals surface area contributed by atoms with Crippen LogP contribution in [-0.2, 0) is 17.6 Å². The molecule has 3 aromatic rings. The summed E-state index contributed by atoms with van der Waals surface area (Å²) in [6, 6.07) is 14.9. The molecule has 0 amide bonds. The van der Waals surface area contributed by atoms with Crippen LogP contribution in [0, 0.1) is 0 Å². The third-order valence-electron chi connectivity index (χ3n) is 7.60. The number of morpholine rings is 1. The lowest BCUT2D eigenvalue weighted by molar-refractivity contribution is -0.0138. The average molecular weight is 522 g/mol. The number of nitrogens with zero attached hydrogens (tertiary/aromatic N) is 4. The summed E-state index contributed by atoms with van der Waals surface area (Å²) in [5.41, 5.74) is 2.31. The largest absolute Gasteiger partial charge is 0.497 e. The molecule has 0 saturated carbocycles. The fraction of sp³-hybridized carbons (Fsp3) is 0.517. The quantitative estimate of drug-likeness (QED) is 0.415. The van der Waals surface area contributed by atoms with E-state index in [1.165, 1.54) is 17.5 Å². The fourth-order valence-electron chi connectivity index (χ4n) is 5.62. The number of fused-ring (bicyclic) bond motifs is 2. The molecule has 2 atom stereocenters. The van der Waals surface area contributed by atoms with E-state index in [9.17, 15) is 4.79 Å². The molecule has 2 aromatic carbocycles. The number of ether oxygens (including phenoxy) is 3. The highest BCUT2D eigenvalue weighted by Gasteiger charge is 2.36. The number of rotatable bonds is 11. The maximum Gasteiger partial charge on any atom is 0.355 e. The predicted octanol–water partition coefficient (Wildman–Crippen LogP) is 2.99. The summed E-state index contributed by atoms with van der Waals surface area (Å²) in [4.78, 5) is 16.3. The summed E-state index contributed by atoms with van der Waals surface area (Å²) in [5, 5.41) is 8.19. The molecule has 38 heavy (non-hydrogen) atoms. The Labute approximate surface area is 224 Å². The first-order valence-electron chi connectivity index (χ1n) is 13.6. The molecular formula is C29H39N5O4. The Kier molecular flexibility index (Phi) is 8.16. The molecule has 0 radical (unpaired) electrons. The molecule has 2 fully saturated rings. The van der Waals surface area contributed by atoms with E-state index in [0.717, 1.165) is 43.2 Å². The molecule has 3 heterocycles. The van der Waals surface area contributed by atoms with Crippen LogP contribution < -0.4 is 20.5 Å². The van der Waals surface area contributed by atoms with Crippen LogP contribution in [-0.4, -0.2) is 77.9 Å². The number of hydrogen-bond donors (Lipinski definition) is 1. The van der Waals surface area contributed by atoms with Gasteiger partial charge in [0.05, 0.1) is 38.8 Å². The van der Waals surface area contributed by atoms with Gasteiger partial charge in [0.25, 0.3) is 0 Å². The first-order valence-corrected chi connectivity index (χ1v) is 13.6. The lowest BCUT2D eigenvalue weighted by Crippen LogP contribution is -2.46. The second-order valence-corrected chi connectivity index (χ2v) is 10.4. The predicted molar refractivity (Wildman–Crippen MR) is 147 cm³/mol. The Morgan fingerprint density at radius 1 is 1.03 bits per heavy atom. The van der Waals surface area contributed by atoms with E-state index in [0.29, 0.717) is 48.4 Å². The van der Waals surface area contributed by atoms with Crippen molar-refractivity contribution in [3.63, 3.8) is 0 Å². The monoisotopic (exact) mass is 521 g/mol. The molecule has 1 N–H and O–H groups in total. The van der Waals surface area contributed by atoms with Crippen LogP contribution in [0.5, 0.6) is 11.5 Å². The van der Waals surface area contributed by atoms with Crippen LogP contribution in [0.2, 0.25) is 0 Å². The zero-order valence-electron chi connectivity index (χ0n) is 22.9. The van der Waals surface area contributed by atoms with Crippen LogP contribution >= 0.6 is 0 Å². The summed E-state index contributed by atoms with van der Waals surface area (Å²) < 4.78 is 20.1. The molecule has 2 unspecified atom stereocenters. The molecule has 2 aliphatic rings. The van der Waals surface area contributed by atoms with Gasteiger partial charge in [-0.3, -0.25) is 4.90 Å². The molecule has 2 bridgehead atoms. The Morgan fingerprint density at radius 3 is 2.53 bits per heavy atom. The van der Waals surface area contributed by atoms with Gasteiger partial charge in [0.2, 0.25) is 0 Å². The van der Waals surface area contributed by atoms with Crippen LogP contribution in [0.1, 0.15) is 38.1 Å². The van der Waals surface area contributed by atoms with E-state index in [1.54, 1.807) is 18.8 Å². The number of hydrogen-bond acceptors (Lipinski definition) is 7. The van der Waals surface area contributed by atoms with Gasteiger partial charge in [0, 0.05) is 49.8 Å². The van der Waals surface area contributed by atoms with E-state index >= 15 is 0 Å². The normalized spacial score (nSPS) is 19.3. The molecule has 2 aliphatic heterocycles. The first kappa shape index (κ1) is 26.5. The highest BCUT2D eigenvalue weighted by molar-refractivity contribution is 5.46. The van der Waals surface area contributed by atoms with Crippen LogP contribution in [0.4, 0.5) is 0 Å². The van der Waals surface area contributed by atoms with Crippen molar-refractivity contribution in [1.82, 2.24) is 24.6 Å². The number of nitrogens with one attached hydrogen (secondary N) is 1. The lowest BCUT2D eigenvalue weighted by Gasteiger charge is -2.34. The van der Waals surface area contributed by atoms with Crippen molar-refractivity contribution in [1.29, 1.82) is 0 Å². The fourth-order valence-corrected chi connectivity index (χ4v) is 5.62. The minimum absolute atomic E-state index is 0.225. The van der Waals surface area contributed by atoms with Crippen molar-refractivity contribution in [3.8, 4) is 22.9 Å². The Hall–Kier alpha value is -3.14. The van der Waals surface area contributed by atoms with Gasteiger partial charge in [0.15, 0.2) is 0 Å². The van der Waals surface area contributed by atoms with E-state index in [1.807, 2.05) is 36.4 Å². The zero-order chi connectivity index (χ0) is 26.6. The van der Waals surface area contributed by atoms with Gasteiger partial charge in [-0.2, -0.15) is 4.68 Å². The van der Waals surface area contributed by atoms with Gasteiger partial charge in [-0.1, -0.05) is 26.0 Å². The number of benzene rings is 2. The number of methoxy groups -OCH3 is 2. The minimum atomic E-state index is -0.225. The summed E-state index contributed by atoms with van der Waals surface area (Å²) in [5.74, 6) is 2.14. The molecular weight excluding hydrogens is 482 g/mol. The van der Waals surface area contributed by atoms with Crippen LogP contribution in [0.25, 0.3) is 11.4 Å². The molecule has 5 rings (SSSR count). The molecule has 0 aliphatic carbocycles. The average Bonchev–Trinajstić information content (AvgIpc) is 3.36. The maximum absolute atomic E-state index is 13.7. The van der Waals surface area contributed by atoms with Crippen LogP contribution in [0.3, 0.4) is 0 Å². The third-order valence-corrected chi connectivity index (χ3v) is 7.60. The summed E-state index contributed by atoms with van der Waals surface area (Å²) >= 11 is 0. The molecule has 9 nitrogen and oxygen atoms in total. The Bertz CT molecular complexity index is 1280. The van der Waals surface area contributed by atoms with Crippen molar-refractivity contribution in [3.05, 3.63) is 64.3 Å². The van der Waals surface area contributed by atoms with Crippen molar-refractivity contribution in [2.75, 3.05) is 40.5 Å². The van der Waals surface area contributed by atoms with Gasteiger partial charge >= 0.3 is 5.69 Å². The van der Waals surface area contributed by atoms with Crippen LogP contribution in [0.15, 0.2) is 47.3 Å². The highest BCUT2D eigenvalue weighted by Crippen LogP contribution is 2.30. The SMILES string of the molecule is COc1cccc(-n2c(CCNC(C)C)nn(-c3ccc(CCN4C5CCC4COC5)c(OC)c3)c2=O)c1. The van der Waals surface area contributed by atoms with Crippen molar-refractivity contribution < 1.29 is 14.2 Å². The number of aromatic nitrogens is 3. The van der Waals surface area contributed by atoms with Gasteiger partial charge in [-0.25, -0.2) is 9.36 Å². The minimum Gasteiger partial charge on any atom is -0.497 e. The second kappa shape index (κ2) is 11.7. The molecule has 9 heteroatoms.